The number of hydrogen-bond acceptors (Lipinski definition) is 8. The Morgan fingerprint density at radius 3 is 2.70 bits per heavy atom. The number of aryl methyl sites for hydroxylation is 1. The summed E-state index contributed by atoms with van der Waals surface area (Å²) >= 11 is 0. The van der Waals surface area contributed by atoms with Gasteiger partial charge in [-0.1, -0.05) is 6.07 Å². The molecule has 1 aromatic rings. The van der Waals surface area contributed by atoms with Gasteiger partial charge in [0.2, 0.25) is 0 Å². The second-order valence-electron chi connectivity index (χ2n) is 9.78. The predicted molar refractivity (Wildman–Crippen MR) is 118 cm³/mol. The van der Waals surface area contributed by atoms with Crippen LogP contribution >= 0.6 is 0 Å². The fraction of sp³-hybridized carbons (Fsp3) is 0.480. The average molecular weight is 444 g/mol. The van der Waals surface area contributed by atoms with Crippen molar-refractivity contribution in [2.45, 2.75) is 56.5 Å². The number of aromatic hydroxyl groups is 1. The lowest BCUT2D eigenvalue weighted by Crippen LogP contribution is -2.62. The lowest BCUT2D eigenvalue weighted by atomic mass is 9.74. The van der Waals surface area contributed by atoms with E-state index in [0.717, 1.165) is 33.5 Å². The van der Waals surface area contributed by atoms with Crippen molar-refractivity contribution >= 4 is 11.5 Å². The third-order valence-corrected chi connectivity index (χ3v) is 8.56. The summed E-state index contributed by atoms with van der Waals surface area (Å²) in [7, 11) is 3.15. The van der Waals surface area contributed by atoms with Gasteiger partial charge in [-0.2, -0.15) is 5.26 Å². The molecule has 7 rings (SSSR count). The van der Waals surface area contributed by atoms with Crippen molar-refractivity contribution in [2.75, 3.05) is 20.8 Å². The molecule has 5 unspecified atom stereocenters. The zero-order valence-electron chi connectivity index (χ0n) is 18.9. The second kappa shape index (κ2) is 6.04. The van der Waals surface area contributed by atoms with Gasteiger partial charge >= 0.3 is 0 Å². The third-order valence-electron chi connectivity index (χ3n) is 8.56. The third kappa shape index (κ3) is 2.00. The first-order valence-electron chi connectivity index (χ1n) is 11.4. The highest BCUT2D eigenvalue weighted by Crippen LogP contribution is 2.68. The number of nitrogens with zero attached hydrogens (tertiary/aromatic N) is 4. The van der Waals surface area contributed by atoms with Crippen LogP contribution in [0.5, 0.6) is 11.5 Å². The smallest absolute Gasteiger partial charge is 0.188 e. The fourth-order valence-corrected chi connectivity index (χ4v) is 7.40. The van der Waals surface area contributed by atoms with Gasteiger partial charge in [-0.3, -0.25) is 19.6 Å². The van der Waals surface area contributed by atoms with Crippen molar-refractivity contribution in [3.05, 3.63) is 45.2 Å². The van der Waals surface area contributed by atoms with Gasteiger partial charge in [-0.25, -0.2) is 0 Å². The summed E-state index contributed by atoms with van der Waals surface area (Å²) in [5.41, 5.74) is 5.97. The number of benzene rings is 1. The summed E-state index contributed by atoms with van der Waals surface area (Å²) in [6.07, 6.45) is 0.520. The largest absolute Gasteiger partial charge is 0.504 e. The quantitative estimate of drug-likeness (QED) is 0.551. The number of rotatable bonds is 2. The number of Topliss-reactive ketones (excluding diaryl/α,β-unsaturated/α-hetero) is 1. The lowest BCUT2D eigenvalue weighted by molar-refractivity contribution is -0.113. The molecule has 1 aliphatic carbocycles. The van der Waals surface area contributed by atoms with Gasteiger partial charge in [-0.15, -0.1) is 0 Å². The molecule has 0 spiro atoms. The number of fused-ring (bicyclic) bond motifs is 7. The van der Waals surface area contributed by atoms with Crippen LogP contribution in [0.15, 0.2) is 33.5 Å². The minimum absolute atomic E-state index is 0.00857. The van der Waals surface area contributed by atoms with Gasteiger partial charge in [0, 0.05) is 28.3 Å². The summed E-state index contributed by atoms with van der Waals surface area (Å²) in [5, 5.41) is 21.5. The van der Waals surface area contributed by atoms with E-state index in [1.165, 1.54) is 0 Å². The zero-order valence-corrected chi connectivity index (χ0v) is 18.9. The Morgan fingerprint density at radius 1 is 1.21 bits per heavy atom. The minimum atomic E-state index is -0.296. The molecule has 6 aliphatic rings. The van der Waals surface area contributed by atoms with Crippen LogP contribution in [0.4, 0.5) is 0 Å². The van der Waals surface area contributed by atoms with Crippen LogP contribution < -0.4 is 4.74 Å². The van der Waals surface area contributed by atoms with Gasteiger partial charge in [0.15, 0.2) is 23.0 Å². The average Bonchev–Trinajstić information content (AvgIpc) is 3.20. The van der Waals surface area contributed by atoms with Crippen molar-refractivity contribution in [1.29, 1.82) is 5.26 Å². The van der Waals surface area contributed by atoms with Gasteiger partial charge in [0.25, 0.3) is 0 Å². The summed E-state index contributed by atoms with van der Waals surface area (Å²) < 4.78 is 11.1. The molecule has 8 heteroatoms. The number of ketones is 1. The molecule has 0 bridgehead atoms. The van der Waals surface area contributed by atoms with Crippen LogP contribution in [-0.2, 0) is 9.53 Å². The number of phenolic OH excluding ortho intramolecular Hbond substituents is 1. The molecule has 0 radical (unpaired) electrons. The van der Waals surface area contributed by atoms with E-state index in [-0.39, 0.29) is 47.8 Å². The molecule has 0 aromatic heterocycles. The Morgan fingerprint density at radius 2 is 2.00 bits per heavy atom. The van der Waals surface area contributed by atoms with E-state index in [0.29, 0.717) is 30.0 Å². The Bertz CT molecular complexity index is 1320. The molecule has 0 saturated carbocycles. The van der Waals surface area contributed by atoms with Crippen LogP contribution in [-0.4, -0.2) is 71.3 Å². The molecule has 168 valence electrons. The molecule has 33 heavy (non-hydrogen) atoms. The molecule has 5 aliphatic heterocycles. The SMILES string of the molecule is COC1=C(C)C(=O)C2=C3C1=NCC3N1C(C2)C2c3c(cc(C)c(OC)c3O)C3[C@@H]([C@@H]1C#N)N23. The van der Waals surface area contributed by atoms with Crippen LogP contribution in [0, 0.1) is 18.3 Å². The fourth-order valence-electron chi connectivity index (χ4n) is 7.40. The number of carbonyl (C=O) groups excluding carboxylic acids is 1. The molecule has 1 N–H and O–H groups in total. The van der Waals surface area contributed by atoms with Crippen LogP contribution in [0.1, 0.15) is 42.1 Å². The van der Waals surface area contributed by atoms with Gasteiger partial charge < -0.3 is 14.6 Å². The number of carbonyl (C=O) groups is 1. The minimum Gasteiger partial charge on any atom is -0.504 e. The maximum Gasteiger partial charge on any atom is 0.188 e. The number of phenols is 1. The molecule has 2 saturated heterocycles. The lowest BCUT2D eigenvalue weighted by Gasteiger charge is -2.51. The molecule has 7 atom stereocenters. The molecular formula is C25H24N4O4. The van der Waals surface area contributed by atoms with Crippen molar-refractivity contribution in [1.82, 2.24) is 9.80 Å². The Balaban J connectivity index is 1.41. The van der Waals surface area contributed by atoms with E-state index < -0.39 is 0 Å². The summed E-state index contributed by atoms with van der Waals surface area (Å²) in [4.78, 5) is 22.8. The predicted octanol–water partition coefficient (Wildman–Crippen LogP) is 2.09. The van der Waals surface area contributed by atoms with Crippen molar-refractivity contribution < 1.29 is 19.4 Å². The molecule has 0 amide bonds. The molecule has 1 aromatic carbocycles. The highest BCUT2D eigenvalue weighted by molar-refractivity contribution is 6.27. The highest BCUT2D eigenvalue weighted by atomic mass is 16.5. The van der Waals surface area contributed by atoms with E-state index in [2.05, 4.69) is 21.9 Å². The molecule has 5 heterocycles. The number of piperazine rings is 1. The van der Waals surface area contributed by atoms with Gasteiger partial charge in [0.1, 0.15) is 11.8 Å². The standard InChI is InChI=1S/C25H24N4O4/c1-9-5-11-17(23(31)24(9)32-3)20-13-6-12-16-15(28(13)14(7-26)21-19(11)29(20)21)8-27-18(16)25(33-4)10(2)22(12)30/h5,13-15,19-21,31H,6,8H2,1-4H3/t13?,14-,15?,19?,20?,21+,29?/m0/s1. The Hall–Kier alpha value is -3.15. The van der Waals surface area contributed by atoms with Crippen molar-refractivity contribution in [2.24, 2.45) is 4.99 Å². The first-order chi connectivity index (χ1) is 15.9. The van der Waals surface area contributed by atoms with Crippen LogP contribution in [0.3, 0.4) is 0 Å². The number of nitriles is 1. The van der Waals surface area contributed by atoms with Gasteiger partial charge in [-0.05, 0) is 31.4 Å². The Kier molecular flexibility index (Phi) is 3.54. The Labute approximate surface area is 191 Å². The first kappa shape index (κ1) is 19.3. The van der Waals surface area contributed by atoms with Crippen molar-refractivity contribution in [3.63, 3.8) is 0 Å². The summed E-state index contributed by atoms with van der Waals surface area (Å²) in [6.45, 7) is 4.25. The molecular weight excluding hydrogens is 420 g/mol. The van der Waals surface area contributed by atoms with E-state index >= 15 is 0 Å². The monoisotopic (exact) mass is 444 g/mol. The second-order valence-corrected chi connectivity index (χ2v) is 9.78. The van der Waals surface area contributed by atoms with E-state index in [9.17, 15) is 15.2 Å². The number of aliphatic imine (C=N–C) groups is 1. The van der Waals surface area contributed by atoms with Gasteiger partial charge in [0.05, 0.1) is 51.0 Å². The maximum atomic E-state index is 13.4. The first-order valence-corrected chi connectivity index (χ1v) is 11.4. The van der Waals surface area contributed by atoms with Crippen molar-refractivity contribution in [3.8, 4) is 17.6 Å². The number of methoxy groups -OCH3 is 2. The topological polar surface area (TPSA) is 98.2 Å². The maximum absolute atomic E-state index is 13.4. The number of hydrogen-bond donors (Lipinski definition) is 1. The zero-order chi connectivity index (χ0) is 22.9. The summed E-state index contributed by atoms with van der Waals surface area (Å²) in [6, 6.07) is 4.27. The van der Waals surface area contributed by atoms with Crippen LogP contribution in [0.2, 0.25) is 0 Å². The van der Waals surface area contributed by atoms with E-state index in [4.69, 9.17) is 14.5 Å². The normalized spacial score (nSPS) is 37.1. The molecule has 2 fully saturated rings. The van der Waals surface area contributed by atoms with E-state index in [1.54, 1.807) is 21.1 Å². The highest BCUT2D eigenvalue weighted by Gasteiger charge is 2.71. The van der Waals surface area contributed by atoms with E-state index in [1.807, 2.05) is 6.92 Å². The summed E-state index contributed by atoms with van der Waals surface area (Å²) in [5.74, 6) is 1.26. The van der Waals surface area contributed by atoms with Crippen LogP contribution in [0.25, 0.3) is 0 Å². The number of allylic oxidation sites excluding steroid dienone is 2. The molecule has 8 nitrogen and oxygen atoms in total. The number of ether oxygens (including phenoxy) is 2.